The van der Waals surface area contributed by atoms with E-state index in [2.05, 4.69) is 20.9 Å². The van der Waals surface area contributed by atoms with Crippen molar-refractivity contribution in [2.75, 3.05) is 0 Å². The summed E-state index contributed by atoms with van der Waals surface area (Å²) in [5.41, 5.74) is 2.24. The molecule has 0 spiro atoms. The lowest BCUT2D eigenvalue weighted by atomic mass is 9.77. The molecule has 1 aromatic carbocycles. The third kappa shape index (κ3) is 3.67. The zero-order chi connectivity index (χ0) is 25.2. The summed E-state index contributed by atoms with van der Waals surface area (Å²) in [5, 5.41) is 21.1. The van der Waals surface area contributed by atoms with Gasteiger partial charge in [-0.1, -0.05) is 6.92 Å². The molecule has 1 fully saturated rings. The van der Waals surface area contributed by atoms with E-state index in [9.17, 15) is 24.8 Å². The number of nitro groups is 1. The highest BCUT2D eigenvalue weighted by Crippen LogP contribution is 2.52. The van der Waals surface area contributed by atoms with Crippen molar-refractivity contribution in [3.8, 4) is 0 Å². The number of β-lactam (4-membered cyclic amide) rings is 1. The van der Waals surface area contributed by atoms with Crippen LogP contribution < -0.4 is 0 Å². The number of esters is 1. The van der Waals surface area contributed by atoms with Gasteiger partial charge in [0.05, 0.1) is 33.6 Å². The SMILES string of the molecule is Cc1nc(Br)n2cc(C3=C(C(=O)OCc4ccc([N+](=O)[O-])cc4)N4C(=O)[C@H]([C@@H](C)O)[C@H]4[C@H]3C)sc12. The Morgan fingerprint density at radius 1 is 1.37 bits per heavy atom. The molecule has 182 valence electrons. The van der Waals surface area contributed by atoms with Gasteiger partial charge in [0.2, 0.25) is 5.91 Å². The van der Waals surface area contributed by atoms with Crippen LogP contribution in [-0.4, -0.2) is 48.3 Å². The predicted octanol–water partition coefficient (Wildman–Crippen LogP) is 3.69. The lowest BCUT2D eigenvalue weighted by molar-refractivity contribution is -0.384. The molecule has 2 aromatic heterocycles. The fourth-order valence-electron chi connectivity index (χ4n) is 4.92. The van der Waals surface area contributed by atoms with Gasteiger partial charge in [-0.25, -0.2) is 9.78 Å². The summed E-state index contributed by atoms with van der Waals surface area (Å²) in [6.07, 6.45) is 1.04. The van der Waals surface area contributed by atoms with Gasteiger partial charge in [-0.15, -0.1) is 11.3 Å². The van der Waals surface area contributed by atoms with E-state index in [0.29, 0.717) is 15.9 Å². The number of rotatable bonds is 6. The highest BCUT2D eigenvalue weighted by atomic mass is 79.9. The molecule has 35 heavy (non-hydrogen) atoms. The third-order valence-electron chi connectivity index (χ3n) is 6.59. The normalized spacial score (nSPS) is 22.4. The Bertz CT molecular complexity index is 1370. The smallest absolute Gasteiger partial charge is 0.355 e. The van der Waals surface area contributed by atoms with Crippen LogP contribution in [0.25, 0.3) is 10.4 Å². The first-order valence-electron chi connectivity index (χ1n) is 10.9. The molecule has 12 heteroatoms. The summed E-state index contributed by atoms with van der Waals surface area (Å²) in [6, 6.07) is 5.39. The molecular weight excluding hydrogens is 540 g/mol. The molecule has 2 aliphatic rings. The number of aliphatic hydroxyl groups excluding tert-OH is 1. The zero-order valence-electron chi connectivity index (χ0n) is 19.0. The van der Waals surface area contributed by atoms with Gasteiger partial charge in [0.25, 0.3) is 5.69 Å². The van der Waals surface area contributed by atoms with Crippen molar-refractivity contribution in [3.05, 3.63) is 67.1 Å². The summed E-state index contributed by atoms with van der Waals surface area (Å²) >= 11 is 4.92. The number of fused-ring (bicyclic) bond motifs is 2. The van der Waals surface area contributed by atoms with E-state index in [1.807, 2.05) is 24.4 Å². The molecule has 1 saturated heterocycles. The number of nitro benzene ring substituents is 1. The fourth-order valence-corrected chi connectivity index (χ4v) is 6.77. The number of aliphatic hydroxyl groups is 1. The van der Waals surface area contributed by atoms with E-state index in [0.717, 1.165) is 15.4 Å². The van der Waals surface area contributed by atoms with Crippen LogP contribution in [0, 0.1) is 28.9 Å². The second-order valence-electron chi connectivity index (χ2n) is 8.75. The van der Waals surface area contributed by atoms with Gasteiger partial charge in [0.15, 0.2) is 4.73 Å². The maximum Gasteiger partial charge on any atom is 0.355 e. The lowest BCUT2D eigenvalue weighted by Crippen LogP contribution is -2.63. The number of aryl methyl sites for hydroxylation is 1. The lowest BCUT2D eigenvalue weighted by Gasteiger charge is -2.46. The van der Waals surface area contributed by atoms with Crippen LogP contribution >= 0.6 is 27.3 Å². The number of thiazole rings is 1. The minimum absolute atomic E-state index is 0.0575. The van der Waals surface area contributed by atoms with Gasteiger partial charge in [-0.2, -0.15) is 0 Å². The number of imidazole rings is 1. The number of aromatic nitrogens is 2. The second-order valence-corrected chi connectivity index (χ2v) is 10.5. The number of benzene rings is 1. The van der Waals surface area contributed by atoms with E-state index in [1.165, 1.54) is 40.5 Å². The number of carbonyl (C=O) groups is 2. The summed E-state index contributed by atoms with van der Waals surface area (Å²) in [4.78, 5) is 44.3. The summed E-state index contributed by atoms with van der Waals surface area (Å²) in [7, 11) is 0. The van der Waals surface area contributed by atoms with Crippen molar-refractivity contribution in [1.82, 2.24) is 14.3 Å². The van der Waals surface area contributed by atoms with E-state index in [-0.39, 0.29) is 35.9 Å². The van der Waals surface area contributed by atoms with E-state index in [4.69, 9.17) is 4.74 Å². The van der Waals surface area contributed by atoms with Crippen molar-refractivity contribution in [2.45, 2.75) is 39.5 Å². The molecule has 0 saturated carbocycles. The molecule has 1 amide bonds. The molecule has 0 unspecified atom stereocenters. The number of ether oxygens (including phenoxy) is 1. The molecule has 0 bridgehead atoms. The highest BCUT2D eigenvalue weighted by Gasteiger charge is 2.60. The van der Waals surface area contributed by atoms with Crippen LogP contribution in [0.5, 0.6) is 0 Å². The van der Waals surface area contributed by atoms with Crippen LogP contribution in [0.15, 0.2) is 40.9 Å². The summed E-state index contributed by atoms with van der Waals surface area (Å²) in [6.45, 7) is 5.32. The second kappa shape index (κ2) is 8.54. The van der Waals surface area contributed by atoms with Gasteiger partial charge in [-0.3, -0.25) is 19.3 Å². The summed E-state index contributed by atoms with van der Waals surface area (Å²) < 4.78 is 8.09. The van der Waals surface area contributed by atoms with Crippen molar-refractivity contribution < 1.29 is 24.4 Å². The number of nitrogens with zero attached hydrogens (tertiary/aromatic N) is 4. The molecular formula is C23H21BrN4O6S. The Morgan fingerprint density at radius 3 is 2.66 bits per heavy atom. The Kier molecular flexibility index (Phi) is 5.77. The van der Waals surface area contributed by atoms with Gasteiger partial charge in [0.1, 0.15) is 17.1 Å². The minimum Gasteiger partial charge on any atom is -0.456 e. The maximum atomic E-state index is 13.4. The van der Waals surface area contributed by atoms with Crippen LogP contribution in [0.1, 0.15) is 30.0 Å². The topological polar surface area (TPSA) is 127 Å². The van der Waals surface area contributed by atoms with Crippen LogP contribution in [0.4, 0.5) is 5.69 Å². The number of non-ortho nitro benzene ring substituents is 1. The molecule has 0 aliphatic carbocycles. The van der Waals surface area contributed by atoms with Crippen LogP contribution in [0.3, 0.4) is 0 Å². The molecule has 1 N–H and O–H groups in total. The largest absolute Gasteiger partial charge is 0.456 e. The number of hydrogen-bond donors (Lipinski definition) is 1. The van der Waals surface area contributed by atoms with E-state index in [1.54, 1.807) is 6.92 Å². The van der Waals surface area contributed by atoms with Crippen molar-refractivity contribution >= 4 is 55.2 Å². The molecule has 2 aliphatic heterocycles. The number of hydrogen-bond acceptors (Lipinski definition) is 8. The van der Waals surface area contributed by atoms with Gasteiger partial charge >= 0.3 is 5.97 Å². The molecule has 4 heterocycles. The minimum atomic E-state index is -0.845. The van der Waals surface area contributed by atoms with E-state index < -0.39 is 22.9 Å². The van der Waals surface area contributed by atoms with Crippen molar-refractivity contribution in [1.29, 1.82) is 0 Å². The highest BCUT2D eigenvalue weighted by molar-refractivity contribution is 9.10. The molecule has 10 nitrogen and oxygen atoms in total. The summed E-state index contributed by atoms with van der Waals surface area (Å²) in [5.74, 6) is -1.76. The Labute approximate surface area is 212 Å². The maximum absolute atomic E-state index is 13.4. The van der Waals surface area contributed by atoms with Crippen LogP contribution in [0.2, 0.25) is 0 Å². The Hall–Kier alpha value is -3.09. The molecule has 3 aromatic rings. The fraction of sp³-hybridized carbons (Fsp3) is 0.348. The first kappa shape index (κ1) is 23.6. The average Bonchev–Trinajstić information content (AvgIpc) is 3.42. The first-order chi connectivity index (χ1) is 16.6. The molecule has 4 atom stereocenters. The van der Waals surface area contributed by atoms with E-state index >= 15 is 0 Å². The number of amides is 1. The van der Waals surface area contributed by atoms with Crippen LogP contribution in [-0.2, 0) is 20.9 Å². The quantitative estimate of drug-likeness (QED) is 0.211. The van der Waals surface area contributed by atoms with Gasteiger partial charge < -0.3 is 14.7 Å². The molecule has 5 rings (SSSR count). The monoisotopic (exact) mass is 560 g/mol. The zero-order valence-corrected chi connectivity index (χ0v) is 21.4. The Balaban J connectivity index is 1.51. The molecule has 0 radical (unpaired) electrons. The Morgan fingerprint density at radius 2 is 2.06 bits per heavy atom. The predicted molar refractivity (Wildman–Crippen MR) is 130 cm³/mol. The van der Waals surface area contributed by atoms with Crippen molar-refractivity contribution in [2.24, 2.45) is 11.8 Å². The number of halogens is 1. The van der Waals surface area contributed by atoms with Crippen molar-refractivity contribution in [3.63, 3.8) is 0 Å². The van der Waals surface area contributed by atoms with Gasteiger partial charge in [-0.05, 0) is 47.5 Å². The van der Waals surface area contributed by atoms with Gasteiger partial charge in [0, 0.05) is 29.8 Å². The third-order valence-corrected chi connectivity index (χ3v) is 8.38. The number of carbonyl (C=O) groups excluding carboxylic acids is 2. The standard InChI is InChI=1S/C23H21BrN4O6S/c1-10-16(15-8-26-21(35-15)11(2)25-23(26)24)19(27-18(10)17(12(3)29)20(27)30)22(31)34-9-13-4-6-14(7-5-13)28(32)33/h4-8,10,12,17-18,29H,9H2,1-3H3/t10-,12+,17+,18+/m0/s1. The average molecular weight is 561 g/mol. The first-order valence-corrected chi connectivity index (χ1v) is 12.5.